The van der Waals surface area contributed by atoms with Crippen molar-refractivity contribution in [3.63, 3.8) is 0 Å². The third-order valence-corrected chi connectivity index (χ3v) is 1.51. The van der Waals surface area contributed by atoms with E-state index >= 15 is 0 Å². The van der Waals surface area contributed by atoms with Crippen LogP contribution in [0.3, 0.4) is 0 Å². The van der Waals surface area contributed by atoms with Gasteiger partial charge in [-0.2, -0.15) is 4.98 Å². The van der Waals surface area contributed by atoms with Gasteiger partial charge in [0, 0.05) is 5.69 Å². The third-order valence-electron chi connectivity index (χ3n) is 1.51. The lowest BCUT2D eigenvalue weighted by Crippen LogP contribution is -2.25. The third kappa shape index (κ3) is 3.53. The number of nitrogen functional groups attached to an aromatic ring is 1. The minimum atomic E-state index is -0.359. The molecule has 0 fully saturated rings. The predicted octanol–water partition coefficient (Wildman–Crippen LogP) is 1.25. The first-order chi connectivity index (χ1) is 6.78. The van der Waals surface area contributed by atoms with Crippen LogP contribution in [-0.4, -0.2) is 21.4 Å². The van der Waals surface area contributed by atoms with E-state index in [2.05, 4.69) is 9.97 Å². The second-order valence-corrected chi connectivity index (χ2v) is 4.31. The zero-order valence-corrected chi connectivity index (χ0v) is 9.46. The number of hydrogen-bond acceptors (Lipinski definition) is 4. The summed E-state index contributed by atoms with van der Waals surface area (Å²) in [5, 5.41) is 7.29. The van der Waals surface area contributed by atoms with Crippen molar-refractivity contribution in [1.29, 1.82) is 5.41 Å². The van der Waals surface area contributed by atoms with Crippen LogP contribution in [0.25, 0.3) is 0 Å². The van der Waals surface area contributed by atoms with E-state index in [1.807, 2.05) is 27.7 Å². The number of hydrogen-bond donors (Lipinski definition) is 2. The Morgan fingerprint density at radius 1 is 1.40 bits per heavy atom. The number of nitrogens with one attached hydrogen (secondary N) is 1. The Morgan fingerprint density at radius 2 is 2.00 bits per heavy atom. The van der Waals surface area contributed by atoms with Crippen LogP contribution < -0.4 is 10.5 Å². The van der Waals surface area contributed by atoms with E-state index in [1.54, 1.807) is 6.07 Å². The van der Waals surface area contributed by atoms with Gasteiger partial charge < -0.3 is 10.5 Å². The average Bonchev–Trinajstić information content (AvgIpc) is 1.99. The molecule has 1 aromatic rings. The van der Waals surface area contributed by atoms with Crippen molar-refractivity contribution in [3.05, 3.63) is 17.5 Å². The van der Waals surface area contributed by atoms with Crippen LogP contribution in [0.4, 0.5) is 0 Å². The van der Waals surface area contributed by atoms with E-state index in [0.717, 1.165) is 5.69 Å². The normalized spacial score (nSPS) is 11.2. The number of rotatable bonds is 2. The molecule has 0 amide bonds. The maximum Gasteiger partial charge on any atom is 0.317 e. The summed E-state index contributed by atoms with van der Waals surface area (Å²) in [5.74, 6) is -0.0840. The lowest BCUT2D eigenvalue weighted by molar-refractivity contribution is 0.116. The molecule has 0 spiro atoms. The van der Waals surface area contributed by atoms with Crippen LogP contribution in [0.1, 0.15) is 32.2 Å². The van der Waals surface area contributed by atoms with Crippen molar-refractivity contribution in [2.24, 2.45) is 5.73 Å². The second-order valence-electron chi connectivity index (χ2n) is 4.31. The minimum Gasteiger partial charge on any atom is -0.458 e. The molecule has 0 atom stereocenters. The van der Waals surface area contributed by atoms with Gasteiger partial charge in [-0.05, 0) is 33.8 Å². The summed E-state index contributed by atoms with van der Waals surface area (Å²) >= 11 is 0. The molecule has 1 rings (SSSR count). The molecule has 0 aromatic carbocycles. The highest BCUT2D eigenvalue weighted by Gasteiger charge is 2.15. The van der Waals surface area contributed by atoms with E-state index in [1.165, 1.54) is 0 Å². The number of aryl methyl sites for hydroxylation is 1. The van der Waals surface area contributed by atoms with Gasteiger partial charge in [0.05, 0.1) is 0 Å². The fraction of sp³-hybridized carbons (Fsp3) is 0.500. The average molecular weight is 208 g/mol. The van der Waals surface area contributed by atoms with Crippen LogP contribution in [0.2, 0.25) is 0 Å². The molecule has 3 N–H and O–H groups in total. The number of nitrogens with zero attached hydrogens (tertiary/aromatic N) is 2. The van der Waals surface area contributed by atoms with Gasteiger partial charge in [0.2, 0.25) is 0 Å². The Kier molecular flexibility index (Phi) is 2.93. The molecule has 0 aliphatic rings. The van der Waals surface area contributed by atoms with Crippen LogP contribution >= 0.6 is 0 Å². The molecule has 1 heterocycles. The summed E-state index contributed by atoms with van der Waals surface area (Å²) in [6.07, 6.45) is 0. The van der Waals surface area contributed by atoms with Crippen molar-refractivity contribution in [1.82, 2.24) is 9.97 Å². The van der Waals surface area contributed by atoms with Gasteiger partial charge in [-0.1, -0.05) is 0 Å². The van der Waals surface area contributed by atoms with Crippen molar-refractivity contribution in [3.8, 4) is 6.01 Å². The maximum absolute atomic E-state index is 7.29. The molecule has 15 heavy (non-hydrogen) atoms. The highest BCUT2D eigenvalue weighted by Crippen LogP contribution is 2.13. The van der Waals surface area contributed by atoms with Crippen molar-refractivity contribution >= 4 is 5.84 Å². The first-order valence-electron chi connectivity index (χ1n) is 4.67. The summed E-state index contributed by atoms with van der Waals surface area (Å²) in [6.45, 7) is 7.54. The van der Waals surface area contributed by atoms with Gasteiger partial charge in [0.25, 0.3) is 0 Å². The lowest BCUT2D eigenvalue weighted by Gasteiger charge is -2.19. The van der Waals surface area contributed by atoms with Gasteiger partial charge >= 0.3 is 6.01 Å². The van der Waals surface area contributed by atoms with E-state index in [0.29, 0.717) is 5.69 Å². The largest absolute Gasteiger partial charge is 0.458 e. The molecule has 1 aromatic heterocycles. The number of aromatic nitrogens is 2. The molecule has 0 aliphatic carbocycles. The molecule has 0 saturated carbocycles. The van der Waals surface area contributed by atoms with Gasteiger partial charge in [0.1, 0.15) is 17.1 Å². The Morgan fingerprint density at radius 3 is 2.47 bits per heavy atom. The quantitative estimate of drug-likeness (QED) is 0.565. The summed E-state index contributed by atoms with van der Waals surface area (Å²) in [7, 11) is 0. The van der Waals surface area contributed by atoms with Crippen molar-refractivity contribution in [2.75, 3.05) is 0 Å². The smallest absolute Gasteiger partial charge is 0.317 e. The zero-order valence-electron chi connectivity index (χ0n) is 9.46. The first kappa shape index (κ1) is 11.4. The van der Waals surface area contributed by atoms with Crippen LogP contribution in [0, 0.1) is 12.3 Å². The number of ether oxygens (including phenoxy) is 1. The summed E-state index contributed by atoms with van der Waals surface area (Å²) < 4.78 is 5.50. The number of amidine groups is 1. The summed E-state index contributed by atoms with van der Waals surface area (Å²) in [4.78, 5) is 8.15. The lowest BCUT2D eigenvalue weighted by atomic mass is 10.2. The molecule has 0 aliphatic heterocycles. The molecule has 82 valence electrons. The van der Waals surface area contributed by atoms with E-state index in [-0.39, 0.29) is 17.4 Å². The standard InChI is InChI=1S/C10H16N4O/c1-6-5-7(8(11)12)14-9(13-6)15-10(2,3)4/h5H,1-4H3,(H3,11,12). The summed E-state index contributed by atoms with van der Waals surface area (Å²) in [5.41, 5.74) is 6.11. The fourth-order valence-electron chi connectivity index (χ4n) is 0.999. The van der Waals surface area contributed by atoms with Crippen LogP contribution in [0.15, 0.2) is 6.07 Å². The first-order valence-corrected chi connectivity index (χ1v) is 4.67. The van der Waals surface area contributed by atoms with Gasteiger partial charge in [0.15, 0.2) is 0 Å². The Balaban J connectivity index is 3.04. The number of nitrogens with two attached hydrogens (primary N) is 1. The molecule has 0 bridgehead atoms. The van der Waals surface area contributed by atoms with Gasteiger partial charge in [-0.15, -0.1) is 0 Å². The predicted molar refractivity (Wildman–Crippen MR) is 58.2 cm³/mol. The SMILES string of the molecule is Cc1cc(C(=N)N)nc(OC(C)(C)C)n1. The van der Waals surface area contributed by atoms with E-state index < -0.39 is 0 Å². The zero-order chi connectivity index (χ0) is 11.6. The van der Waals surface area contributed by atoms with Crippen LogP contribution in [0.5, 0.6) is 6.01 Å². The summed E-state index contributed by atoms with van der Waals surface area (Å²) in [6, 6.07) is 1.91. The Hall–Kier alpha value is -1.65. The monoisotopic (exact) mass is 208 g/mol. The maximum atomic E-state index is 7.29. The van der Waals surface area contributed by atoms with E-state index in [4.69, 9.17) is 15.9 Å². The molecular formula is C10H16N4O. The fourth-order valence-corrected chi connectivity index (χ4v) is 0.999. The molecule has 5 heteroatoms. The van der Waals surface area contributed by atoms with E-state index in [9.17, 15) is 0 Å². The Bertz CT molecular complexity index is 381. The molecule has 0 radical (unpaired) electrons. The van der Waals surface area contributed by atoms with Crippen molar-refractivity contribution < 1.29 is 4.74 Å². The molecule has 0 unspecified atom stereocenters. The molecule has 0 saturated heterocycles. The minimum absolute atomic E-state index is 0.0840. The molecular weight excluding hydrogens is 192 g/mol. The Labute approximate surface area is 89.2 Å². The van der Waals surface area contributed by atoms with Crippen LogP contribution in [-0.2, 0) is 0 Å². The second kappa shape index (κ2) is 3.84. The highest BCUT2D eigenvalue weighted by atomic mass is 16.5. The van der Waals surface area contributed by atoms with Gasteiger partial charge in [-0.25, -0.2) is 4.98 Å². The topological polar surface area (TPSA) is 84.9 Å². The highest BCUT2D eigenvalue weighted by molar-refractivity contribution is 5.93. The molecule has 5 nitrogen and oxygen atoms in total. The van der Waals surface area contributed by atoms with Gasteiger partial charge in [-0.3, -0.25) is 5.41 Å². The van der Waals surface area contributed by atoms with Crippen molar-refractivity contribution in [2.45, 2.75) is 33.3 Å².